The van der Waals surface area contributed by atoms with E-state index in [4.69, 9.17) is 25.4 Å². The number of aromatic nitrogens is 3. The number of imidazole rings is 1. The monoisotopic (exact) mass is 603 g/mol. The van der Waals surface area contributed by atoms with Crippen molar-refractivity contribution < 1.29 is 50.5 Å². The Bertz CT molecular complexity index is 1400. The largest absolute Gasteiger partial charge is 0.573 e. The summed E-state index contributed by atoms with van der Waals surface area (Å²) < 4.78 is 78.1. The Balaban J connectivity index is 0.000000517. The van der Waals surface area contributed by atoms with Crippen molar-refractivity contribution >= 4 is 23.0 Å². The minimum Gasteiger partial charge on any atom is -0.475 e. The molecule has 1 aromatic carbocycles. The maximum absolute atomic E-state index is 12.9. The van der Waals surface area contributed by atoms with Gasteiger partial charge in [0.1, 0.15) is 17.1 Å². The lowest BCUT2D eigenvalue weighted by atomic mass is 9.89. The zero-order chi connectivity index (χ0) is 30.7. The number of alkyl halides is 6. The van der Waals surface area contributed by atoms with E-state index in [1.165, 1.54) is 12.1 Å². The molecule has 0 saturated carbocycles. The Morgan fingerprint density at radius 1 is 1.05 bits per heavy atom. The van der Waals surface area contributed by atoms with E-state index in [-0.39, 0.29) is 17.6 Å². The number of nitrogens with zero attached hydrogens (tertiary/aromatic N) is 3. The third-order valence-electron chi connectivity index (χ3n) is 7.07. The predicted molar refractivity (Wildman–Crippen MR) is 135 cm³/mol. The number of ether oxygens (including phenoxy) is 2. The number of carbonyl (C=O) groups is 2. The van der Waals surface area contributed by atoms with Crippen molar-refractivity contribution in [2.45, 2.75) is 49.7 Å². The molecule has 4 N–H and O–H groups in total. The molecule has 228 valence electrons. The molecule has 0 radical (unpaired) electrons. The van der Waals surface area contributed by atoms with Gasteiger partial charge in [0.15, 0.2) is 5.65 Å². The van der Waals surface area contributed by atoms with Crippen LogP contribution in [-0.4, -0.2) is 75.7 Å². The Hall–Kier alpha value is -3.92. The molecule has 2 fully saturated rings. The molecule has 1 amide bonds. The molecule has 4 heterocycles. The SMILES string of the molecule is NC1(c2nc3c(C4CCN(C(=O)c5ccc(OC(F)(F)F)cc5)CC4)ccnc3[nH]2)CCOCC1.O=C(O)C(F)(F)F. The number of carboxylic acid groups (broad SMARTS) is 1. The summed E-state index contributed by atoms with van der Waals surface area (Å²) >= 11 is 0. The van der Waals surface area contributed by atoms with Gasteiger partial charge in [-0.15, -0.1) is 13.2 Å². The summed E-state index contributed by atoms with van der Waals surface area (Å²) in [7, 11) is 0. The second-order valence-corrected chi connectivity index (χ2v) is 9.89. The summed E-state index contributed by atoms with van der Waals surface area (Å²) in [4.78, 5) is 36.1. The van der Waals surface area contributed by atoms with Crippen LogP contribution in [0.2, 0.25) is 0 Å². The fourth-order valence-electron chi connectivity index (χ4n) is 4.84. The van der Waals surface area contributed by atoms with Crippen LogP contribution in [0.4, 0.5) is 26.3 Å². The number of likely N-dealkylation sites (tertiary alicyclic amines) is 1. The van der Waals surface area contributed by atoms with Crippen molar-refractivity contribution in [3.05, 3.63) is 53.5 Å². The van der Waals surface area contributed by atoms with Gasteiger partial charge in [-0.3, -0.25) is 4.79 Å². The van der Waals surface area contributed by atoms with E-state index in [2.05, 4.69) is 14.7 Å². The van der Waals surface area contributed by atoms with Crippen LogP contribution in [0.5, 0.6) is 5.75 Å². The molecule has 42 heavy (non-hydrogen) atoms. The number of fused-ring (bicyclic) bond motifs is 1. The van der Waals surface area contributed by atoms with Crippen molar-refractivity contribution in [1.29, 1.82) is 0 Å². The van der Waals surface area contributed by atoms with E-state index in [1.807, 2.05) is 6.07 Å². The number of nitrogens with two attached hydrogens (primary N) is 1. The highest BCUT2D eigenvalue weighted by molar-refractivity contribution is 5.94. The Morgan fingerprint density at radius 3 is 2.19 bits per heavy atom. The molecule has 0 atom stereocenters. The van der Waals surface area contributed by atoms with E-state index < -0.39 is 24.0 Å². The molecule has 2 saturated heterocycles. The number of H-pyrrole nitrogens is 1. The van der Waals surface area contributed by atoms with Gasteiger partial charge < -0.3 is 30.2 Å². The number of carboxylic acids is 1. The third-order valence-corrected chi connectivity index (χ3v) is 7.07. The lowest BCUT2D eigenvalue weighted by molar-refractivity contribution is -0.274. The Labute approximate surface area is 234 Å². The number of aromatic amines is 1. The zero-order valence-corrected chi connectivity index (χ0v) is 22.0. The van der Waals surface area contributed by atoms with Crippen LogP contribution >= 0.6 is 0 Å². The number of halogens is 6. The summed E-state index contributed by atoms with van der Waals surface area (Å²) in [6.07, 6.45) is -5.24. The van der Waals surface area contributed by atoms with Gasteiger partial charge in [0.25, 0.3) is 5.91 Å². The number of pyridine rings is 1. The molecule has 2 aromatic heterocycles. The highest BCUT2D eigenvalue weighted by Crippen LogP contribution is 2.35. The number of hydrogen-bond donors (Lipinski definition) is 3. The number of carbonyl (C=O) groups excluding carboxylic acids is 1. The minimum atomic E-state index is -5.08. The maximum Gasteiger partial charge on any atom is 0.573 e. The van der Waals surface area contributed by atoms with E-state index in [1.54, 1.807) is 11.1 Å². The number of amides is 1. The molecule has 2 aliphatic rings. The van der Waals surface area contributed by atoms with Crippen LogP contribution in [0.25, 0.3) is 11.2 Å². The number of benzene rings is 1. The number of rotatable bonds is 4. The standard InChI is InChI=1S/C24H26F3N5O3.C2HF3O2/c25-24(26,27)35-17-3-1-16(2-4-17)21(33)32-11-6-15(7-12-32)18-5-10-29-20-19(18)30-22(31-20)23(28)8-13-34-14-9-23;3-2(4,5)1(6)7/h1-5,10,15H,6-9,11-14,28H2,(H,29,30,31);(H,6,7). The van der Waals surface area contributed by atoms with Crippen LogP contribution < -0.4 is 10.5 Å². The number of aliphatic carboxylic acids is 1. The molecular formula is C26H27F6N5O5. The summed E-state index contributed by atoms with van der Waals surface area (Å²) in [5.74, 6) is -2.40. The third kappa shape index (κ3) is 7.47. The smallest absolute Gasteiger partial charge is 0.475 e. The van der Waals surface area contributed by atoms with Gasteiger partial charge in [-0.1, -0.05) is 0 Å². The lowest BCUT2D eigenvalue weighted by Gasteiger charge is -2.32. The van der Waals surface area contributed by atoms with Crippen LogP contribution in [-0.2, 0) is 15.1 Å². The van der Waals surface area contributed by atoms with Gasteiger partial charge in [-0.2, -0.15) is 13.2 Å². The molecule has 0 spiro atoms. The number of hydrogen-bond acceptors (Lipinski definition) is 7. The molecule has 0 bridgehead atoms. The van der Waals surface area contributed by atoms with Gasteiger partial charge in [0.2, 0.25) is 0 Å². The van der Waals surface area contributed by atoms with Crippen molar-refractivity contribution in [2.24, 2.45) is 5.73 Å². The van der Waals surface area contributed by atoms with E-state index in [0.29, 0.717) is 50.4 Å². The average Bonchev–Trinajstić information content (AvgIpc) is 3.38. The topological polar surface area (TPSA) is 144 Å². The molecule has 3 aromatic rings. The van der Waals surface area contributed by atoms with Crippen molar-refractivity contribution in [3.63, 3.8) is 0 Å². The first-order valence-electron chi connectivity index (χ1n) is 12.8. The van der Waals surface area contributed by atoms with Gasteiger partial charge >= 0.3 is 18.5 Å². The predicted octanol–water partition coefficient (Wildman–Crippen LogP) is 4.47. The second-order valence-electron chi connectivity index (χ2n) is 9.89. The molecule has 10 nitrogen and oxygen atoms in total. The van der Waals surface area contributed by atoms with Crippen LogP contribution in [0, 0.1) is 0 Å². The minimum absolute atomic E-state index is 0.201. The van der Waals surface area contributed by atoms with Crippen LogP contribution in [0.1, 0.15) is 53.3 Å². The van der Waals surface area contributed by atoms with E-state index in [0.717, 1.165) is 41.9 Å². The number of nitrogens with one attached hydrogen (secondary N) is 1. The molecule has 0 unspecified atom stereocenters. The normalized spacial score (nSPS) is 17.8. The first-order chi connectivity index (χ1) is 19.7. The van der Waals surface area contributed by atoms with Gasteiger partial charge in [-0.25, -0.2) is 14.8 Å². The molecule has 0 aliphatic carbocycles. The quantitative estimate of drug-likeness (QED) is 0.371. The summed E-state index contributed by atoms with van der Waals surface area (Å²) in [5.41, 5.74) is 8.96. The van der Waals surface area contributed by atoms with Gasteiger partial charge in [0, 0.05) is 38.1 Å². The fourth-order valence-corrected chi connectivity index (χ4v) is 4.84. The molecular weight excluding hydrogens is 576 g/mol. The molecule has 16 heteroatoms. The maximum atomic E-state index is 12.9. The summed E-state index contributed by atoms with van der Waals surface area (Å²) in [6, 6.07) is 6.98. The summed E-state index contributed by atoms with van der Waals surface area (Å²) in [6.45, 7) is 2.25. The summed E-state index contributed by atoms with van der Waals surface area (Å²) in [5, 5.41) is 7.12. The lowest BCUT2D eigenvalue weighted by Crippen LogP contribution is -2.43. The first kappa shape index (κ1) is 31.0. The molecule has 5 rings (SSSR count). The Morgan fingerprint density at radius 2 is 1.64 bits per heavy atom. The van der Waals surface area contributed by atoms with Crippen molar-refractivity contribution in [3.8, 4) is 5.75 Å². The zero-order valence-electron chi connectivity index (χ0n) is 22.0. The average molecular weight is 604 g/mol. The van der Waals surface area contributed by atoms with E-state index >= 15 is 0 Å². The van der Waals surface area contributed by atoms with E-state index in [9.17, 15) is 31.1 Å². The highest BCUT2D eigenvalue weighted by atomic mass is 19.4. The second kappa shape index (κ2) is 12.1. The number of piperidine rings is 1. The van der Waals surface area contributed by atoms with Crippen LogP contribution in [0.15, 0.2) is 36.5 Å². The Kier molecular flexibility index (Phi) is 8.96. The van der Waals surface area contributed by atoms with Crippen LogP contribution in [0.3, 0.4) is 0 Å². The fraction of sp³-hybridized carbons (Fsp3) is 0.462. The van der Waals surface area contributed by atoms with Crippen molar-refractivity contribution in [2.75, 3.05) is 26.3 Å². The first-order valence-corrected chi connectivity index (χ1v) is 12.8. The van der Waals surface area contributed by atoms with Crippen molar-refractivity contribution in [1.82, 2.24) is 19.9 Å². The van der Waals surface area contributed by atoms with Gasteiger partial charge in [-0.05, 0) is 67.5 Å². The highest BCUT2D eigenvalue weighted by Gasteiger charge is 2.38. The van der Waals surface area contributed by atoms with Gasteiger partial charge in [0.05, 0.1) is 5.54 Å². The molecule has 2 aliphatic heterocycles.